The van der Waals surface area contributed by atoms with Crippen molar-refractivity contribution in [2.24, 2.45) is 5.41 Å². The molecule has 0 saturated heterocycles. The van der Waals surface area contributed by atoms with Gasteiger partial charge in [-0.2, -0.15) is 0 Å². The molecular formula is C17H25BrO3. The molecule has 1 unspecified atom stereocenters. The molecule has 0 radical (unpaired) electrons. The van der Waals surface area contributed by atoms with Crippen LogP contribution in [-0.4, -0.2) is 19.3 Å². The van der Waals surface area contributed by atoms with E-state index in [1.807, 2.05) is 12.1 Å². The van der Waals surface area contributed by atoms with Gasteiger partial charge in [-0.1, -0.05) is 13.8 Å². The summed E-state index contributed by atoms with van der Waals surface area (Å²) in [5, 5.41) is 11.2. The van der Waals surface area contributed by atoms with E-state index in [2.05, 4.69) is 29.8 Å². The first-order valence-electron chi connectivity index (χ1n) is 7.46. The number of rotatable bonds is 3. The third-order valence-corrected chi connectivity index (χ3v) is 5.40. The summed E-state index contributed by atoms with van der Waals surface area (Å²) in [6, 6.07) is 3.82. The van der Waals surface area contributed by atoms with Crippen LogP contribution in [0, 0.1) is 5.41 Å². The second kappa shape index (κ2) is 6.17. The van der Waals surface area contributed by atoms with Crippen molar-refractivity contribution in [3.8, 4) is 11.5 Å². The van der Waals surface area contributed by atoms with Crippen molar-refractivity contribution in [2.75, 3.05) is 14.2 Å². The van der Waals surface area contributed by atoms with Crippen LogP contribution in [0.2, 0.25) is 0 Å². The first-order valence-corrected chi connectivity index (χ1v) is 8.26. The van der Waals surface area contributed by atoms with Gasteiger partial charge in [0.15, 0.2) is 0 Å². The lowest BCUT2D eigenvalue weighted by molar-refractivity contribution is 0.0157. The van der Waals surface area contributed by atoms with Gasteiger partial charge in [0.1, 0.15) is 16.0 Å². The Kier molecular flexibility index (Phi) is 4.89. The largest absolute Gasteiger partial charge is 0.495 e. The maximum atomic E-state index is 11.2. The van der Waals surface area contributed by atoms with Crippen LogP contribution in [-0.2, 0) is 5.60 Å². The summed E-state index contributed by atoms with van der Waals surface area (Å²) in [6.07, 6.45) is 4.71. The summed E-state index contributed by atoms with van der Waals surface area (Å²) in [5.74, 6) is 1.39. The molecule has 3 nitrogen and oxygen atoms in total. The van der Waals surface area contributed by atoms with Crippen LogP contribution < -0.4 is 9.47 Å². The summed E-state index contributed by atoms with van der Waals surface area (Å²) in [6.45, 7) is 4.56. The van der Waals surface area contributed by atoms with Crippen molar-refractivity contribution in [3.05, 3.63) is 22.2 Å². The predicted octanol–water partition coefficient (Wildman–Crippen LogP) is 4.64. The van der Waals surface area contributed by atoms with Crippen LogP contribution in [0.1, 0.15) is 51.5 Å². The summed E-state index contributed by atoms with van der Waals surface area (Å²) < 4.78 is 11.6. The van der Waals surface area contributed by atoms with E-state index >= 15 is 0 Å². The standard InChI is InChI=1S/C17H25BrO3/c1-16(2)8-5-9-17(19,11-10-16)12-6-7-13(20-3)14(18)15(12)21-4/h6-7,19H,5,8-11H2,1-4H3. The fourth-order valence-corrected chi connectivity index (χ4v) is 3.86. The van der Waals surface area contributed by atoms with Gasteiger partial charge < -0.3 is 14.6 Å². The lowest BCUT2D eigenvalue weighted by Crippen LogP contribution is -2.26. The molecule has 0 aromatic heterocycles. The minimum atomic E-state index is -0.825. The molecule has 1 atom stereocenters. The van der Waals surface area contributed by atoms with Crippen LogP contribution in [0.3, 0.4) is 0 Å². The Balaban J connectivity index is 2.42. The minimum Gasteiger partial charge on any atom is -0.495 e. The van der Waals surface area contributed by atoms with Crippen molar-refractivity contribution < 1.29 is 14.6 Å². The molecule has 1 aliphatic rings. The van der Waals surface area contributed by atoms with Crippen LogP contribution in [0.4, 0.5) is 0 Å². The summed E-state index contributed by atoms with van der Waals surface area (Å²) in [5.41, 5.74) is 0.324. The van der Waals surface area contributed by atoms with Gasteiger partial charge in [-0.25, -0.2) is 0 Å². The SMILES string of the molecule is COc1ccc(C2(O)CCCC(C)(C)CC2)c(OC)c1Br. The third kappa shape index (κ3) is 3.37. The number of hydrogen-bond donors (Lipinski definition) is 1. The molecule has 0 bridgehead atoms. The highest BCUT2D eigenvalue weighted by Crippen LogP contribution is 2.48. The molecule has 0 amide bonds. The summed E-state index contributed by atoms with van der Waals surface area (Å²) in [7, 11) is 3.26. The third-order valence-electron chi connectivity index (χ3n) is 4.65. The zero-order chi connectivity index (χ0) is 15.7. The lowest BCUT2D eigenvalue weighted by atomic mass is 9.82. The van der Waals surface area contributed by atoms with Crippen LogP contribution >= 0.6 is 15.9 Å². The van der Waals surface area contributed by atoms with E-state index in [4.69, 9.17) is 9.47 Å². The van der Waals surface area contributed by atoms with E-state index in [1.165, 1.54) is 0 Å². The van der Waals surface area contributed by atoms with E-state index in [9.17, 15) is 5.11 Å². The van der Waals surface area contributed by atoms with Crippen molar-refractivity contribution >= 4 is 15.9 Å². The Morgan fingerprint density at radius 1 is 1.05 bits per heavy atom. The van der Waals surface area contributed by atoms with Crippen molar-refractivity contribution in [3.63, 3.8) is 0 Å². The monoisotopic (exact) mass is 356 g/mol. The molecule has 1 N–H and O–H groups in total. The van der Waals surface area contributed by atoms with Gasteiger partial charge in [0, 0.05) is 5.56 Å². The number of aliphatic hydroxyl groups is 1. The van der Waals surface area contributed by atoms with Crippen molar-refractivity contribution in [2.45, 2.75) is 51.6 Å². The molecule has 1 saturated carbocycles. The van der Waals surface area contributed by atoms with Gasteiger partial charge in [-0.05, 0) is 65.6 Å². The molecule has 118 valence electrons. The van der Waals surface area contributed by atoms with Crippen LogP contribution in [0.25, 0.3) is 0 Å². The molecule has 1 fully saturated rings. The fourth-order valence-electron chi connectivity index (χ4n) is 3.19. The molecule has 2 rings (SSSR count). The fraction of sp³-hybridized carbons (Fsp3) is 0.647. The second-order valence-corrected chi connectivity index (χ2v) is 7.50. The molecule has 4 heteroatoms. The summed E-state index contributed by atoms with van der Waals surface area (Å²) >= 11 is 3.52. The van der Waals surface area contributed by atoms with Gasteiger partial charge in [-0.3, -0.25) is 0 Å². The molecule has 21 heavy (non-hydrogen) atoms. The molecule has 1 aliphatic carbocycles. The Labute approximate surface area is 135 Å². The average molecular weight is 357 g/mol. The number of ether oxygens (including phenoxy) is 2. The molecule has 1 aromatic rings. The van der Waals surface area contributed by atoms with E-state index < -0.39 is 5.60 Å². The first kappa shape index (κ1) is 16.6. The highest BCUT2D eigenvalue weighted by atomic mass is 79.9. The number of benzene rings is 1. The second-order valence-electron chi connectivity index (χ2n) is 6.71. The average Bonchev–Trinajstić information content (AvgIpc) is 2.58. The highest BCUT2D eigenvalue weighted by molar-refractivity contribution is 9.10. The zero-order valence-corrected chi connectivity index (χ0v) is 14.9. The Morgan fingerprint density at radius 3 is 2.38 bits per heavy atom. The lowest BCUT2D eigenvalue weighted by Gasteiger charge is -2.30. The summed E-state index contributed by atoms with van der Waals surface area (Å²) in [4.78, 5) is 0. The smallest absolute Gasteiger partial charge is 0.142 e. The predicted molar refractivity (Wildman–Crippen MR) is 88.0 cm³/mol. The Hall–Kier alpha value is -0.740. The van der Waals surface area contributed by atoms with Gasteiger partial charge in [-0.15, -0.1) is 0 Å². The first-order chi connectivity index (χ1) is 9.83. The zero-order valence-electron chi connectivity index (χ0n) is 13.3. The normalized spacial score (nSPS) is 25.2. The molecule has 1 aromatic carbocycles. The minimum absolute atomic E-state index is 0.293. The Morgan fingerprint density at radius 2 is 1.76 bits per heavy atom. The van der Waals surface area contributed by atoms with Gasteiger partial charge in [0.25, 0.3) is 0 Å². The maximum absolute atomic E-state index is 11.2. The molecule has 0 spiro atoms. The molecule has 0 aliphatic heterocycles. The topological polar surface area (TPSA) is 38.7 Å². The Bertz CT molecular complexity index is 513. The van der Waals surface area contributed by atoms with Gasteiger partial charge >= 0.3 is 0 Å². The van der Waals surface area contributed by atoms with E-state index in [0.717, 1.165) is 42.1 Å². The van der Waals surface area contributed by atoms with Gasteiger partial charge in [0.2, 0.25) is 0 Å². The number of hydrogen-bond acceptors (Lipinski definition) is 3. The van der Waals surface area contributed by atoms with Crippen molar-refractivity contribution in [1.29, 1.82) is 0 Å². The molecular weight excluding hydrogens is 332 g/mol. The quantitative estimate of drug-likeness (QED) is 0.801. The molecule has 0 heterocycles. The van der Waals surface area contributed by atoms with Crippen LogP contribution in [0.5, 0.6) is 11.5 Å². The number of methoxy groups -OCH3 is 2. The number of halogens is 1. The van der Waals surface area contributed by atoms with Crippen LogP contribution in [0.15, 0.2) is 16.6 Å². The highest BCUT2D eigenvalue weighted by Gasteiger charge is 2.38. The van der Waals surface area contributed by atoms with Crippen molar-refractivity contribution in [1.82, 2.24) is 0 Å². The van der Waals surface area contributed by atoms with Gasteiger partial charge in [0.05, 0.1) is 19.8 Å². The van der Waals surface area contributed by atoms with E-state index in [-0.39, 0.29) is 0 Å². The van der Waals surface area contributed by atoms with E-state index in [0.29, 0.717) is 16.9 Å². The maximum Gasteiger partial charge on any atom is 0.142 e. The van der Waals surface area contributed by atoms with E-state index in [1.54, 1.807) is 14.2 Å².